The van der Waals surface area contributed by atoms with Crippen molar-refractivity contribution in [2.24, 2.45) is 0 Å². The van der Waals surface area contributed by atoms with Gasteiger partial charge in [-0.3, -0.25) is 4.79 Å². The minimum absolute atomic E-state index is 0.150. The van der Waals surface area contributed by atoms with E-state index in [1.54, 1.807) is 30.7 Å². The lowest BCUT2D eigenvalue weighted by Gasteiger charge is -2.02. The van der Waals surface area contributed by atoms with Crippen LogP contribution in [0.15, 0.2) is 29.1 Å². The predicted molar refractivity (Wildman–Crippen MR) is 74.2 cm³/mol. The number of imidazole rings is 1. The van der Waals surface area contributed by atoms with Gasteiger partial charge in [0.2, 0.25) is 0 Å². The molecule has 4 nitrogen and oxygen atoms in total. The molecule has 1 amide bonds. The van der Waals surface area contributed by atoms with E-state index in [0.717, 1.165) is 21.4 Å². The summed E-state index contributed by atoms with van der Waals surface area (Å²) in [6, 6.07) is 3.52. The summed E-state index contributed by atoms with van der Waals surface area (Å²) in [6.07, 6.45) is 4.96. The lowest BCUT2D eigenvalue weighted by Crippen LogP contribution is -2.03. The Kier molecular flexibility index (Phi) is 2.72. The Labute approximate surface area is 116 Å². The number of H-pyrrole nitrogens is 1. The molecule has 0 radical (unpaired) electrons. The minimum Gasteiger partial charge on any atom is -0.345 e. The maximum atomic E-state index is 11.9. The second-order valence-electron chi connectivity index (χ2n) is 3.83. The fourth-order valence-corrected chi connectivity index (χ4v) is 2.77. The monoisotopic (exact) mass is 323 g/mol. The van der Waals surface area contributed by atoms with Crippen molar-refractivity contribution in [3.8, 4) is 0 Å². The number of nitrogens with zero attached hydrogens (tertiary/aromatic N) is 1. The van der Waals surface area contributed by atoms with Gasteiger partial charge in [-0.05, 0) is 34.1 Å². The van der Waals surface area contributed by atoms with E-state index in [0.29, 0.717) is 10.6 Å². The Hall–Kier alpha value is -1.59. The molecule has 0 fully saturated rings. The Morgan fingerprint density at radius 3 is 2.94 bits per heavy atom. The van der Waals surface area contributed by atoms with Crippen molar-refractivity contribution in [2.45, 2.75) is 0 Å². The quantitative estimate of drug-likeness (QED) is 0.791. The molecule has 0 saturated carbocycles. The third-order valence-corrected chi connectivity index (χ3v) is 3.49. The fourth-order valence-electron chi connectivity index (χ4n) is 1.86. The Bertz CT molecular complexity index is 664. The van der Waals surface area contributed by atoms with Gasteiger partial charge in [0.1, 0.15) is 0 Å². The normalized spacial score (nSPS) is 15.9. The lowest BCUT2D eigenvalue weighted by atomic mass is 10.1. The lowest BCUT2D eigenvalue weighted by molar-refractivity contribution is -0.110. The minimum atomic E-state index is -0.150. The van der Waals surface area contributed by atoms with Gasteiger partial charge in [-0.2, -0.15) is 0 Å². The van der Waals surface area contributed by atoms with Crippen molar-refractivity contribution >= 4 is 50.8 Å². The molecule has 0 spiro atoms. The average molecular weight is 325 g/mol. The molecule has 0 saturated heterocycles. The van der Waals surface area contributed by atoms with Crippen LogP contribution in [0, 0.1) is 0 Å². The number of carbonyl (C=O) groups excluding carboxylic acids is 1. The van der Waals surface area contributed by atoms with E-state index < -0.39 is 0 Å². The summed E-state index contributed by atoms with van der Waals surface area (Å²) in [5, 5.41) is 3.38. The first-order chi connectivity index (χ1) is 8.65. The topological polar surface area (TPSA) is 57.8 Å². The van der Waals surface area contributed by atoms with Crippen LogP contribution >= 0.6 is 27.5 Å². The average Bonchev–Trinajstić information content (AvgIpc) is 2.91. The third kappa shape index (κ3) is 1.85. The maximum Gasteiger partial charge on any atom is 0.256 e. The largest absolute Gasteiger partial charge is 0.345 e. The van der Waals surface area contributed by atoms with Crippen LogP contribution in [-0.4, -0.2) is 15.9 Å². The number of benzene rings is 1. The summed E-state index contributed by atoms with van der Waals surface area (Å²) in [4.78, 5) is 18.8. The van der Waals surface area contributed by atoms with Crippen LogP contribution in [0.5, 0.6) is 0 Å². The van der Waals surface area contributed by atoms with Gasteiger partial charge < -0.3 is 10.3 Å². The molecule has 0 unspecified atom stereocenters. The number of fused-ring (bicyclic) bond motifs is 1. The molecule has 2 aromatic rings. The molecule has 0 bridgehead atoms. The van der Waals surface area contributed by atoms with Crippen LogP contribution < -0.4 is 5.32 Å². The van der Waals surface area contributed by atoms with Gasteiger partial charge in [0.05, 0.1) is 29.5 Å². The maximum absolute atomic E-state index is 11.9. The zero-order chi connectivity index (χ0) is 12.7. The third-order valence-electron chi connectivity index (χ3n) is 2.65. The molecular weight excluding hydrogens is 318 g/mol. The standard InChI is InChI=1S/C12H7BrClN3O/c13-10-2-6(14)1-8-9(12(18)17-11(8)10)3-7-4-15-5-16-7/h1-5H,(H,15,16)(H,17,18)/b9-3+. The van der Waals surface area contributed by atoms with E-state index in [4.69, 9.17) is 11.6 Å². The molecule has 2 N–H and O–H groups in total. The number of amides is 1. The number of anilines is 1. The molecule has 0 atom stereocenters. The van der Waals surface area contributed by atoms with Crippen LogP contribution in [0.4, 0.5) is 5.69 Å². The summed E-state index contributed by atoms with van der Waals surface area (Å²) in [7, 11) is 0. The van der Waals surface area contributed by atoms with Crippen LogP contribution in [0.3, 0.4) is 0 Å². The molecule has 1 aromatic heterocycles. The zero-order valence-corrected chi connectivity index (χ0v) is 11.3. The second-order valence-corrected chi connectivity index (χ2v) is 5.12. The number of halogens is 2. The van der Waals surface area contributed by atoms with Crippen LogP contribution in [-0.2, 0) is 4.79 Å². The molecule has 18 heavy (non-hydrogen) atoms. The van der Waals surface area contributed by atoms with Gasteiger partial charge in [0.25, 0.3) is 5.91 Å². The fraction of sp³-hybridized carbons (Fsp3) is 0. The zero-order valence-electron chi connectivity index (χ0n) is 9.00. The van der Waals surface area contributed by atoms with Crippen molar-refractivity contribution in [1.82, 2.24) is 9.97 Å². The van der Waals surface area contributed by atoms with Gasteiger partial charge >= 0.3 is 0 Å². The molecule has 0 aliphatic carbocycles. The van der Waals surface area contributed by atoms with Gasteiger partial charge in [0, 0.05) is 15.1 Å². The first-order valence-corrected chi connectivity index (χ1v) is 6.33. The summed E-state index contributed by atoms with van der Waals surface area (Å²) in [6.45, 7) is 0. The molecule has 1 aromatic carbocycles. The number of aromatic nitrogens is 2. The van der Waals surface area contributed by atoms with Gasteiger partial charge in [0.15, 0.2) is 0 Å². The van der Waals surface area contributed by atoms with Crippen LogP contribution in [0.2, 0.25) is 5.02 Å². The number of nitrogens with one attached hydrogen (secondary N) is 2. The molecular formula is C12H7BrClN3O. The van der Waals surface area contributed by atoms with Crippen LogP contribution in [0.1, 0.15) is 11.3 Å². The SMILES string of the molecule is O=C1Nc2c(Br)cc(Cl)cc2/C1=C\c1cnc[nH]1. The van der Waals surface area contributed by atoms with Crippen molar-refractivity contribution in [3.05, 3.63) is 45.4 Å². The van der Waals surface area contributed by atoms with Crippen molar-refractivity contribution in [2.75, 3.05) is 5.32 Å². The molecule has 1 aliphatic heterocycles. The molecule has 2 heterocycles. The molecule has 1 aliphatic rings. The highest BCUT2D eigenvalue weighted by molar-refractivity contribution is 9.10. The van der Waals surface area contributed by atoms with Gasteiger partial charge in [-0.25, -0.2) is 4.98 Å². The first-order valence-electron chi connectivity index (χ1n) is 5.16. The van der Waals surface area contributed by atoms with Crippen molar-refractivity contribution in [1.29, 1.82) is 0 Å². The highest BCUT2D eigenvalue weighted by Gasteiger charge is 2.26. The number of hydrogen-bond acceptors (Lipinski definition) is 2. The smallest absolute Gasteiger partial charge is 0.256 e. The van der Waals surface area contributed by atoms with E-state index in [2.05, 4.69) is 31.2 Å². The summed E-state index contributed by atoms with van der Waals surface area (Å²) in [5.74, 6) is -0.150. The summed E-state index contributed by atoms with van der Waals surface area (Å²) < 4.78 is 0.770. The second kappa shape index (κ2) is 4.26. The van der Waals surface area contributed by atoms with Crippen molar-refractivity contribution in [3.63, 3.8) is 0 Å². The molecule has 6 heteroatoms. The van der Waals surface area contributed by atoms with E-state index in [1.165, 1.54) is 0 Å². The highest BCUT2D eigenvalue weighted by atomic mass is 79.9. The highest BCUT2D eigenvalue weighted by Crippen LogP contribution is 2.40. The van der Waals surface area contributed by atoms with Crippen molar-refractivity contribution < 1.29 is 4.79 Å². The number of rotatable bonds is 1. The van der Waals surface area contributed by atoms with Crippen LogP contribution in [0.25, 0.3) is 11.6 Å². The first kappa shape index (κ1) is 11.5. The Balaban J connectivity index is 2.18. The summed E-state index contributed by atoms with van der Waals surface area (Å²) >= 11 is 9.39. The number of aromatic amines is 1. The van der Waals surface area contributed by atoms with E-state index in [1.807, 2.05) is 0 Å². The van der Waals surface area contributed by atoms with E-state index >= 15 is 0 Å². The van der Waals surface area contributed by atoms with E-state index in [9.17, 15) is 4.79 Å². The predicted octanol–water partition coefficient (Wildman–Crippen LogP) is 3.32. The van der Waals surface area contributed by atoms with Gasteiger partial charge in [-0.15, -0.1) is 0 Å². The van der Waals surface area contributed by atoms with E-state index in [-0.39, 0.29) is 5.91 Å². The summed E-state index contributed by atoms with van der Waals surface area (Å²) in [5.41, 5.74) is 2.87. The Morgan fingerprint density at radius 2 is 2.22 bits per heavy atom. The van der Waals surface area contributed by atoms with Gasteiger partial charge in [-0.1, -0.05) is 11.6 Å². The Morgan fingerprint density at radius 1 is 1.39 bits per heavy atom. The number of hydrogen-bond donors (Lipinski definition) is 2. The molecule has 90 valence electrons. The number of carbonyl (C=O) groups is 1. The molecule has 3 rings (SSSR count).